The number of nitrogens with one attached hydrogen (secondary N) is 2. The van der Waals surface area contributed by atoms with Gasteiger partial charge in [-0.05, 0) is 39.3 Å². The molecule has 0 aromatic carbocycles. The van der Waals surface area contributed by atoms with Crippen LogP contribution in [0.3, 0.4) is 0 Å². The first kappa shape index (κ1) is 15.3. The van der Waals surface area contributed by atoms with E-state index in [0.717, 1.165) is 30.9 Å². The quantitative estimate of drug-likeness (QED) is 0.672. The molecular weight excluding hydrogens is 272 g/mol. The highest BCUT2D eigenvalue weighted by Gasteiger charge is 2.12. The number of aromatic nitrogens is 2. The van der Waals surface area contributed by atoms with E-state index in [-0.39, 0.29) is 5.75 Å². The molecule has 0 saturated heterocycles. The summed E-state index contributed by atoms with van der Waals surface area (Å²) in [5, 5.41) is 11.8. The molecule has 0 aliphatic heterocycles. The van der Waals surface area contributed by atoms with Crippen LogP contribution in [-0.2, 0) is 10.0 Å². The summed E-state index contributed by atoms with van der Waals surface area (Å²) in [6.45, 7) is 5.73. The van der Waals surface area contributed by atoms with Crippen LogP contribution >= 0.6 is 11.3 Å². The maximum Gasteiger partial charge on any atom is 0.234 e. The smallest absolute Gasteiger partial charge is 0.234 e. The van der Waals surface area contributed by atoms with E-state index >= 15 is 0 Å². The fourth-order valence-corrected chi connectivity index (χ4v) is 3.35. The third kappa shape index (κ3) is 6.27. The number of anilines is 1. The van der Waals surface area contributed by atoms with Crippen LogP contribution in [0.5, 0.6) is 0 Å². The van der Waals surface area contributed by atoms with E-state index < -0.39 is 10.0 Å². The van der Waals surface area contributed by atoms with Gasteiger partial charge in [-0.15, -0.1) is 10.2 Å². The molecule has 2 N–H and O–H groups in total. The van der Waals surface area contributed by atoms with Gasteiger partial charge in [-0.1, -0.05) is 18.3 Å². The van der Waals surface area contributed by atoms with Crippen LogP contribution < -0.4 is 10.0 Å². The Labute approximate surface area is 112 Å². The highest BCUT2D eigenvalue weighted by atomic mass is 32.2. The van der Waals surface area contributed by atoms with E-state index in [4.69, 9.17) is 0 Å². The Morgan fingerprint density at radius 2 is 2.00 bits per heavy atom. The van der Waals surface area contributed by atoms with Crippen LogP contribution in [0.1, 0.15) is 31.2 Å². The molecule has 0 fully saturated rings. The topological polar surface area (TPSA) is 84.0 Å². The van der Waals surface area contributed by atoms with Crippen LogP contribution in [0, 0.1) is 6.92 Å². The Morgan fingerprint density at radius 1 is 1.22 bits per heavy atom. The normalized spacial score (nSPS) is 11.7. The summed E-state index contributed by atoms with van der Waals surface area (Å²) in [4.78, 5) is 0. The molecule has 8 heteroatoms. The second kappa shape index (κ2) is 7.65. The minimum absolute atomic E-state index is 0.124. The van der Waals surface area contributed by atoms with Crippen molar-refractivity contribution >= 4 is 26.5 Å². The molecule has 1 rings (SSSR count). The van der Waals surface area contributed by atoms with Gasteiger partial charge < -0.3 is 5.32 Å². The molecular formula is C10H20N4O2S2. The van der Waals surface area contributed by atoms with E-state index in [1.165, 1.54) is 11.3 Å². The molecule has 18 heavy (non-hydrogen) atoms. The molecule has 0 aliphatic carbocycles. The first-order valence-corrected chi connectivity index (χ1v) is 8.51. The van der Waals surface area contributed by atoms with Crippen molar-refractivity contribution in [2.24, 2.45) is 0 Å². The maximum atomic E-state index is 11.7. The lowest BCUT2D eigenvalue weighted by atomic mass is 10.3. The zero-order valence-electron chi connectivity index (χ0n) is 10.8. The van der Waals surface area contributed by atoms with Crippen molar-refractivity contribution in [3.8, 4) is 0 Å². The molecule has 0 spiro atoms. The van der Waals surface area contributed by atoms with Crippen LogP contribution in [0.2, 0.25) is 0 Å². The summed E-state index contributed by atoms with van der Waals surface area (Å²) in [6.07, 6.45) is 2.59. The van der Waals surface area contributed by atoms with Gasteiger partial charge in [-0.25, -0.2) is 8.42 Å². The Hall–Kier alpha value is -0.730. The van der Waals surface area contributed by atoms with Crippen LogP contribution in [0.4, 0.5) is 5.13 Å². The molecule has 6 nitrogen and oxygen atoms in total. The molecule has 0 aliphatic rings. The maximum absolute atomic E-state index is 11.7. The second-order valence-corrected chi connectivity index (χ2v) is 7.03. The van der Waals surface area contributed by atoms with Gasteiger partial charge in [0.2, 0.25) is 15.2 Å². The molecule has 0 saturated carbocycles. The summed E-state index contributed by atoms with van der Waals surface area (Å²) in [6, 6.07) is 0. The molecule has 1 aromatic rings. The molecule has 0 atom stereocenters. The lowest BCUT2D eigenvalue weighted by molar-refractivity contribution is 0.590. The summed E-state index contributed by atoms with van der Waals surface area (Å²) < 4.78 is 25.8. The van der Waals surface area contributed by atoms with Crippen molar-refractivity contribution in [1.82, 2.24) is 15.5 Å². The van der Waals surface area contributed by atoms with Gasteiger partial charge in [-0.3, -0.25) is 4.72 Å². The van der Waals surface area contributed by atoms with E-state index in [1.807, 2.05) is 0 Å². The van der Waals surface area contributed by atoms with Crippen molar-refractivity contribution in [1.29, 1.82) is 0 Å². The Balaban J connectivity index is 2.23. The molecule has 1 heterocycles. The number of rotatable bonds is 9. The lowest BCUT2D eigenvalue weighted by Crippen LogP contribution is -2.19. The summed E-state index contributed by atoms with van der Waals surface area (Å²) in [5.41, 5.74) is 0. The number of hydrogen-bond donors (Lipinski definition) is 2. The minimum Gasteiger partial charge on any atom is -0.317 e. The first-order valence-electron chi connectivity index (χ1n) is 6.05. The fourth-order valence-electron chi connectivity index (χ4n) is 1.37. The van der Waals surface area contributed by atoms with Gasteiger partial charge in [0.15, 0.2) is 0 Å². The minimum atomic E-state index is -3.28. The van der Waals surface area contributed by atoms with Crippen LogP contribution in [0.25, 0.3) is 0 Å². The Kier molecular flexibility index (Phi) is 6.51. The molecule has 1 aromatic heterocycles. The van der Waals surface area contributed by atoms with Gasteiger partial charge in [0.05, 0.1) is 5.75 Å². The van der Waals surface area contributed by atoms with Crippen molar-refractivity contribution in [2.75, 3.05) is 23.6 Å². The molecule has 0 radical (unpaired) electrons. The largest absolute Gasteiger partial charge is 0.317 e. The zero-order valence-corrected chi connectivity index (χ0v) is 12.4. The van der Waals surface area contributed by atoms with Gasteiger partial charge in [0.25, 0.3) is 0 Å². The highest BCUT2D eigenvalue weighted by Crippen LogP contribution is 2.15. The molecule has 0 unspecified atom stereocenters. The standard InChI is InChI=1S/C10H20N4O2S2/c1-3-6-11-7-4-5-8-18(15,16)14-10-13-12-9(2)17-10/h11H,3-8H2,1-2H3,(H,13,14). The average Bonchev–Trinajstić information content (AvgIpc) is 2.68. The Morgan fingerprint density at radius 3 is 2.61 bits per heavy atom. The highest BCUT2D eigenvalue weighted by molar-refractivity contribution is 7.92. The number of aryl methyl sites for hydroxylation is 1. The summed E-state index contributed by atoms with van der Waals surface area (Å²) in [5.74, 6) is 0.124. The molecule has 0 amide bonds. The molecule has 0 bridgehead atoms. The number of unbranched alkanes of at least 4 members (excludes halogenated alkanes) is 1. The Bertz CT molecular complexity index is 444. The van der Waals surface area contributed by atoms with E-state index in [2.05, 4.69) is 27.2 Å². The monoisotopic (exact) mass is 292 g/mol. The van der Waals surface area contributed by atoms with Crippen molar-refractivity contribution in [2.45, 2.75) is 33.1 Å². The van der Waals surface area contributed by atoms with Gasteiger partial charge >= 0.3 is 0 Å². The number of nitrogens with zero attached hydrogens (tertiary/aromatic N) is 2. The van der Waals surface area contributed by atoms with Crippen molar-refractivity contribution in [3.63, 3.8) is 0 Å². The van der Waals surface area contributed by atoms with Crippen LogP contribution in [0.15, 0.2) is 0 Å². The van der Waals surface area contributed by atoms with Crippen molar-refractivity contribution < 1.29 is 8.42 Å². The lowest BCUT2D eigenvalue weighted by Gasteiger charge is -2.05. The van der Waals surface area contributed by atoms with Gasteiger partial charge in [0.1, 0.15) is 5.01 Å². The number of hydrogen-bond acceptors (Lipinski definition) is 6. The average molecular weight is 292 g/mol. The predicted molar refractivity (Wildman–Crippen MR) is 74.5 cm³/mol. The van der Waals surface area contributed by atoms with Gasteiger partial charge in [-0.2, -0.15) is 0 Å². The number of sulfonamides is 1. The van der Waals surface area contributed by atoms with E-state index in [9.17, 15) is 8.42 Å². The van der Waals surface area contributed by atoms with E-state index in [0.29, 0.717) is 11.6 Å². The SMILES string of the molecule is CCCNCCCCS(=O)(=O)Nc1nnc(C)s1. The molecule has 104 valence electrons. The van der Waals surface area contributed by atoms with Gasteiger partial charge in [0, 0.05) is 0 Å². The summed E-state index contributed by atoms with van der Waals surface area (Å²) >= 11 is 1.24. The van der Waals surface area contributed by atoms with E-state index in [1.54, 1.807) is 6.92 Å². The third-order valence-electron chi connectivity index (χ3n) is 2.21. The zero-order chi connectivity index (χ0) is 13.4. The summed E-state index contributed by atoms with van der Waals surface area (Å²) in [7, 11) is -3.28. The first-order chi connectivity index (χ1) is 8.53. The fraction of sp³-hybridized carbons (Fsp3) is 0.800. The third-order valence-corrected chi connectivity index (χ3v) is 4.43. The predicted octanol–water partition coefficient (Wildman–Crippen LogP) is 1.37. The second-order valence-electron chi connectivity index (χ2n) is 4.00. The van der Waals surface area contributed by atoms with Crippen molar-refractivity contribution in [3.05, 3.63) is 5.01 Å². The van der Waals surface area contributed by atoms with Crippen LogP contribution in [-0.4, -0.2) is 37.5 Å².